The second-order valence-electron chi connectivity index (χ2n) is 7.30. The molecule has 1 aromatic carbocycles. The van der Waals surface area contributed by atoms with Crippen LogP contribution in [0.2, 0.25) is 0 Å². The minimum Gasteiger partial charge on any atom is -0.444 e. The number of thiazole rings is 1. The van der Waals surface area contributed by atoms with Gasteiger partial charge in [0.15, 0.2) is 0 Å². The summed E-state index contributed by atoms with van der Waals surface area (Å²) in [4.78, 5) is 32.5. The molecule has 1 saturated heterocycles. The number of carbonyl (C=O) groups excluding carboxylic acids is 2. The topological polar surface area (TPSA) is 74.8 Å². The highest BCUT2D eigenvalue weighted by molar-refractivity contribution is 7.07. The average molecular weight is 388 g/mol. The van der Waals surface area contributed by atoms with E-state index in [1.807, 2.05) is 45.0 Å². The number of nitrogens with zero attached hydrogens (tertiary/aromatic N) is 3. The predicted molar refractivity (Wildman–Crippen MR) is 107 cm³/mol. The fraction of sp³-hybridized carbons (Fsp3) is 0.421. The van der Waals surface area contributed by atoms with E-state index in [1.54, 1.807) is 15.8 Å². The summed E-state index contributed by atoms with van der Waals surface area (Å²) < 4.78 is 5.44. The molecule has 1 aliphatic rings. The first-order valence-electron chi connectivity index (χ1n) is 8.85. The van der Waals surface area contributed by atoms with E-state index in [9.17, 15) is 9.59 Å². The Morgan fingerprint density at radius 2 is 1.85 bits per heavy atom. The first-order valence-corrected chi connectivity index (χ1v) is 9.79. The zero-order valence-corrected chi connectivity index (χ0v) is 16.6. The van der Waals surface area contributed by atoms with Gasteiger partial charge in [0.2, 0.25) is 0 Å². The van der Waals surface area contributed by atoms with Gasteiger partial charge in [-0.15, -0.1) is 11.3 Å². The highest BCUT2D eigenvalue weighted by Gasteiger charge is 2.26. The van der Waals surface area contributed by atoms with Crippen molar-refractivity contribution in [1.29, 1.82) is 0 Å². The lowest BCUT2D eigenvalue weighted by Crippen LogP contribution is -2.50. The molecule has 0 unspecified atom stereocenters. The Morgan fingerprint density at radius 1 is 1.15 bits per heavy atom. The molecule has 27 heavy (non-hydrogen) atoms. The largest absolute Gasteiger partial charge is 0.444 e. The molecule has 0 spiro atoms. The van der Waals surface area contributed by atoms with Crippen molar-refractivity contribution in [3.63, 3.8) is 0 Å². The Hall–Kier alpha value is -2.61. The quantitative estimate of drug-likeness (QED) is 0.872. The number of anilines is 2. The summed E-state index contributed by atoms with van der Waals surface area (Å²) in [6.07, 6.45) is -0.285. The van der Waals surface area contributed by atoms with Gasteiger partial charge in [-0.1, -0.05) is 12.1 Å². The number of rotatable bonds is 3. The van der Waals surface area contributed by atoms with E-state index >= 15 is 0 Å². The SMILES string of the molecule is CC(C)(C)OC(=O)N1CCN(c2ccccc2NC(=O)c2cscn2)CC1. The molecule has 0 radical (unpaired) electrons. The molecule has 1 fully saturated rings. The van der Waals surface area contributed by atoms with Crippen molar-refractivity contribution in [1.82, 2.24) is 9.88 Å². The molecule has 2 heterocycles. The number of amides is 2. The van der Waals surface area contributed by atoms with E-state index in [4.69, 9.17) is 4.74 Å². The van der Waals surface area contributed by atoms with Crippen LogP contribution in [0.25, 0.3) is 0 Å². The fourth-order valence-corrected chi connectivity index (χ4v) is 3.35. The van der Waals surface area contributed by atoms with Crippen LogP contribution < -0.4 is 10.2 Å². The molecule has 0 saturated carbocycles. The number of aromatic nitrogens is 1. The van der Waals surface area contributed by atoms with Gasteiger partial charge in [0.25, 0.3) is 5.91 Å². The normalized spacial score (nSPS) is 14.8. The van der Waals surface area contributed by atoms with Crippen LogP contribution in [0.15, 0.2) is 35.2 Å². The standard InChI is InChI=1S/C19H24N4O3S/c1-19(2,3)26-18(25)23-10-8-22(9-11-23)16-7-5-4-6-14(16)21-17(24)15-12-27-13-20-15/h4-7,12-13H,8-11H2,1-3H3,(H,21,24). The lowest BCUT2D eigenvalue weighted by Gasteiger charge is -2.37. The number of hydrogen-bond donors (Lipinski definition) is 1. The van der Waals surface area contributed by atoms with Gasteiger partial charge in [0.05, 0.1) is 16.9 Å². The van der Waals surface area contributed by atoms with Crippen LogP contribution >= 0.6 is 11.3 Å². The first-order chi connectivity index (χ1) is 12.8. The van der Waals surface area contributed by atoms with E-state index in [2.05, 4.69) is 15.2 Å². The molecule has 1 aromatic heterocycles. The number of benzene rings is 1. The van der Waals surface area contributed by atoms with Gasteiger partial charge in [0.1, 0.15) is 11.3 Å². The molecule has 1 aliphatic heterocycles. The maximum absolute atomic E-state index is 12.3. The summed E-state index contributed by atoms with van der Waals surface area (Å²) in [5.74, 6) is -0.226. The molecule has 2 aromatic rings. The second kappa shape index (κ2) is 7.96. The number of piperazine rings is 1. The van der Waals surface area contributed by atoms with Crippen LogP contribution in [0.4, 0.5) is 16.2 Å². The third-order valence-corrected chi connectivity index (χ3v) is 4.68. The van der Waals surface area contributed by atoms with Crippen molar-refractivity contribution < 1.29 is 14.3 Å². The van der Waals surface area contributed by atoms with Crippen LogP contribution in [-0.4, -0.2) is 53.7 Å². The van der Waals surface area contributed by atoms with Crippen LogP contribution in [0.5, 0.6) is 0 Å². The molecular formula is C19H24N4O3S. The monoisotopic (exact) mass is 388 g/mol. The highest BCUT2D eigenvalue weighted by Crippen LogP contribution is 2.27. The average Bonchev–Trinajstić information content (AvgIpc) is 3.16. The lowest BCUT2D eigenvalue weighted by atomic mass is 10.2. The smallest absolute Gasteiger partial charge is 0.410 e. The minimum absolute atomic E-state index is 0.226. The highest BCUT2D eigenvalue weighted by atomic mass is 32.1. The summed E-state index contributed by atoms with van der Waals surface area (Å²) in [5.41, 5.74) is 3.22. The van der Waals surface area contributed by atoms with Crippen molar-refractivity contribution in [2.75, 3.05) is 36.4 Å². The van der Waals surface area contributed by atoms with Crippen molar-refractivity contribution in [3.05, 3.63) is 40.8 Å². The van der Waals surface area contributed by atoms with Crippen molar-refractivity contribution in [3.8, 4) is 0 Å². The summed E-state index contributed by atoms with van der Waals surface area (Å²) in [6, 6.07) is 7.67. The Labute approximate surface area is 162 Å². The minimum atomic E-state index is -0.499. The summed E-state index contributed by atoms with van der Waals surface area (Å²) in [5, 5.41) is 4.65. The maximum Gasteiger partial charge on any atom is 0.410 e. The Bertz CT molecular complexity index is 794. The number of nitrogens with one attached hydrogen (secondary N) is 1. The molecule has 0 aliphatic carbocycles. The summed E-state index contributed by atoms with van der Waals surface area (Å²) >= 11 is 1.39. The molecule has 3 rings (SSSR count). The van der Waals surface area contributed by atoms with Crippen LogP contribution in [0, 0.1) is 0 Å². The number of hydrogen-bond acceptors (Lipinski definition) is 6. The predicted octanol–water partition coefficient (Wildman–Crippen LogP) is 3.45. The van der Waals surface area contributed by atoms with Gasteiger partial charge in [-0.2, -0.15) is 0 Å². The molecule has 1 N–H and O–H groups in total. The third kappa shape index (κ3) is 4.97. The molecular weight excluding hydrogens is 364 g/mol. The van der Waals surface area contributed by atoms with E-state index < -0.39 is 5.60 Å². The summed E-state index contributed by atoms with van der Waals surface area (Å²) in [7, 11) is 0. The molecule has 0 atom stereocenters. The Kier molecular flexibility index (Phi) is 5.65. The third-order valence-electron chi connectivity index (χ3n) is 4.09. The number of para-hydroxylation sites is 2. The van der Waals surface area contributed by atoms with Crippen LogP contribution in [-0.2, 0) is 4.74 Å². The van der Waals surface area contributed by atoms with Gasteiger partial charge in [-0.3, -0.25) is 4.79 Å². The molecule has 8 heteroatoms. The van der Waals surface area contributed by atoms with Gasteiger partial charge >= 0.3 is 6.09 Å². The molecule has 0 bridgehead atoms. The van der Waals surface area contributed by atoms with Crippen molar-refractivity contribution >= 4 is 34.7 Å². The van der Waals surface area contributed by atoms with Gasteiger partial charge in [-0.25, -0.2) is 9.78 Å². The maximum atomic E-state index is 12.3. The molecule has 2 amide bonds. The van der Waals surface area contributed by atoms with Crippen molar-refractivity contribution in [2.24, 2.45) is 0 Å². The Balaban J connectivity index is 1.65. The van der Waals surface area contributed by atoms with Gasteiger partial charge < -0.3 is 19.9 Å². The van der Waals surface area contributed by atoms with E-state index in [0.29, 0.717) is 31.9 Å². The zero-order valence-electron chi connectivity index (χ0n) is 15.8. The number of ether oxygens (including phenoxy) is 1. The second-order valence-corrected chi connectivity index (χ2v) is 8.02. The Morgan fingerprint density at radius 3 is 2.48 bits per heavy atom. The first kappa shape index (κ1) is 19.2. The zero-order chi connectivity index (χ0) is 19.4. The van der Waals surface area contributed by atoms with Gasteiger partial charge in [-0.05, 0) is 32.9 Å². The molecule has 7 nitrogen and oxygen atoms in total. The molecule has 144 valence electrons. The van der Waals surface area contributed by atoms with Gasteiger partial charge in [0, 0.05) is 31.6 Å². The number of carbonyl (C=O) groups is 2. The van der Waals surface area contributed by atoms with Crippen molar-refractivity contribution in [2.45, 2.75) is 26.4 Å². The summed E-state index contributed by atoms with van der Waals surface area (Å²) in [6.45, 7) is 8.07. The van der Waals surface area contributed by atoms with Crippen LogP contribution in [0.1, 0.15) is 31.3 Å². The lowest BCUT2D eigenvalue weighted by molar-refractivity contribution is 0.0240. The van der Waals surface area contributed by atoms with Crippen LogP contribution in [0.3, 0.4) is 0 Å². The van der Waals surface area contributed by atoms with E-state index in [1.165, 1.54) is 11.3 Å². The van der Waals surface area contributed by atoms with E-state index in [-0.39, 0.29) is 12.0 Å². The fourth-order valence-electron chi connectivity index (χ4n) is 2.82. The van der Waals surface area contributed by atoms with E-state index in [0.717, 1.165) is 11.4 Å².